The van der Waals surface area contributed by atoms with Crippen molar-refractivity contribution in [1.82, 2.24) is 4.90 Å². The molecule has 1 atom stereocenters. The van der Waals surface area contributed by atoms with Gasteiger partial charge < -0.3 is 0 Å². The van der Waals surface area contributed by atoms with Gasteiger partial charge in [-0.2, -0.15) is 0 Å². The molecule has 2 aromatic rings. The second-order valence-corrected chi connectivity index (χ2v) is 6.73. The number of thioether (sulfide) groups is 1. The first-order valence-corrected chi connectivity index (χ1v) is 8.94. The molecule has 2 aliphatic heterocycles. The molecule has 124 valence electrons. The van der Waals surface area contributed by atoms with Crippen molar-refractivity contribution in [3.05, 3.63) is 65.7 Å². The number of hydrogen-bond donors (Lipinski definition) is 0. The third-order valence-electron chi connectivity index (χ3n) is 4.09. The molecule has 0 bridgehead atoms. The van der Waals surface area contributed by atoms with Crippen LogP contribution in [0.1, 0.15) is 22.8 Å². The molecular weight excluding hydrogens is 334 g/mol. The van der Waals surface area contributed by atoms with E-state index in [9.17, 15) is 9.59 Å². The number of ketones is 1. The van der Waals surface area contributed by atoms with Crippen LogP contribution in [0.15, 0.2) is 64.6 Å². The topological polar surface area (TPSA) is 62.1 Å². The molecule has 0 unspecified atom stereocenters. The van der Waals surface area contributed by atoms with Crippen LogP contribution < -0.4 is 0 Å². The number of Topliss-reactive ketones (excluding diaryl/α,β-unsaturated/α-hetero) is 1. The zero-order chi connectivity index (χ0) is 17.4. The molecule has 0 aliphatic carbocycles. The maximum absolute atomic E-state index is 12.5. The second-order valence-electron chi connectivity index (χ2n) is 5.79. The lowest BCUT2D eigenvalue weighted by atomic mass is 10.1. The molecule has 0 radical (unpaired) electrons. The van der Waals surface area contributed by atoms with Crippen LogP contribution in [-0.4, -0.2) is 39.4 Å². The van der Waals surface area contributed by atoms with Gasteiger partial charge in [0.1, 0.15) is 11.9 Å². The lowest BCUT2D eigenvalue weighted by molar-refractivity contribution is -0.124. The van der Waals surface area contributed by atoms with Gasteiger partial charge in [-0.15, -0.1) is 0 Å². The Morgan fingerprint density at radius 3 is 2.64 bits per heavy atom. The third-order valence-corrected chi connectivity index (χ3v) is 5.02. The maximum Gasteiger partial charge on any atom is 0.258 e. The van der Waals surface area contributed by atoms with Crippen molar-refractivity contribution in [3.8, 4) is 0 Å². The Labute approximate surface area is 149 Å². The Bertz CT molecular complexity index is 921. The number of amides is 1. The van der Waals surface area contributed by atoms with E-state index in [4.69, 9.17) is 0 Å². The Balaban J connectivity index is 1.63. The number of fused-ring (bicyclic) bond motifs is 3. The van der Waals surface area contributed by atoms with Gasteiger partial charge in [-0.3, -0.25) is 14.6 Å². The van der Waals surface area contributed by atoms with Crippen molar-refractivity contribution in [3.63, 3.8) is 0 Å². The first-order valence-electron chi connectivity index (χ1n) is 7.96. The normalized spacial score (nSPS) is 18.4. The van der Waals surface area contributed by atoms with Gasteiger partial charge in [-0.1, -0.05) is 54.2 Å². The quantitative estimate of drug-likeness (QED) is 0.799. The highest BCUT2D eigenvalue weighted by Gasteiger charge is 2.39. The summed E-state index contributed by atoms with van der Waals surface area (Å²) in [5.41, 5.74) is 2.27. The average molecular weight is 349 g/mol. The van der Waals surface area contributed by atoms with Gasteiger partial charge in [-0.05, 0) is 19.1 Å². The summed E-state index contributed by atoms with van der Waals surface area (Å²) in [6.07, 6.45) is 0. The van der Waals surface area contributed by atoms with Gasteiger partial charge in [0.25, 0.3) is 5.91 Å². The number of benzene rings is 2. The molecule has 4 rings (SSSR count). The van der Waals surface area contributed by atoms with Crippen LogP contribution in [0.3, 0.4) is 0 Å². The molecule has 5 nitrogen and oxygen atoms in total. The van der Waals surface area contributed by atoms with Crippen LogP contribution in [0.4, 0.5) is 5.69 Å². The van der Waals surface area contributed by atoms with E-state index in [1.807, 2.05) is 42.5 Å². The van der Waals surface area contributed by atoms with E-state index in [0.29, 0.717) is 16.6 Å². The summed E-state index contributed by atoms with van der Waals surface area (Å²) in [5.74, 6) is 0.738. The second kappa shape index (κ2) is 6.29. The first-order chi connectivity index (χ1) is 12.1. The largest absolute Gasteiger partial charge is 0.293 e. The predicted molar refractivity (Wildman–Crippen MR) is 99.6 cm³/mol. The molecular formula is C19H15N3O2S. The number of rotatable bonds is 3. The zero-order valence-electron chi connectivity index (χ0n) is 13.5. The molecule has 0 fully saturated rings. The van der Waals surface area contributed by atoms with E-state index < -0.39 is 6.04 Å². The van der Waals surface area contributed by atoms with E-state index in [0.717, 1.165) is 11.3 Å². The molecule has 0 aromatic heterocycles. The maximum atomic E-state index is 12.5. The molecule has 2 heterocycles. The molecule has 6 heteroatoms. The lowest BCUT2D eigenvalue weighted by Gasteiger charge is -2.25. The molecule has 1 amide bonds. The van der Waals surface area contributed by atoms with Crippen molar-refractivity contribution in [2.24, 2.45) is 9.98 Å². The molecule has 2 aromatic carbocycles. The van der Waals surface area contributed by atoms with E-state index in [2.05, 4.69) is 9.98 Å². The molecule has 25 heavy (non-hydrogen) atoms. The summed E-state index contributed by atoms with van der Waals surface area (Å²) in [7, 11) is 0. The Morgan fingerprint density at radius 1 is 1.12 bits per heavy atom. The summed E-state index contributed by atoms with van der Waals surface area (Å²) >= 11 is 1.27. The minimum Gasteiger partial charge on any atom is -0.293 e. The summed E-state index contributed by atoms with van der Waals surface area (Å²) < 4.78 is 0. The minimum absolute atomic E-state index is 0.00495. The number of nitrogens with zero attached hydrogens (tertiary/aromatic N) is 3. The van der Waals surface area contributed by atoms with Gasteiger partial charge in [0, 0.05) is 11.1 Å². The zero-order valence-corrected chi connectivity index (χ0v) is 14.4. The fraction of sp³-hybridized carbons (Fsp3) is 0.158. The predicted octanol–water partition coefficient (Wildman–Crippen LogP) is 3.28. The van der Waals surface area contributed by atoms with Crippen molar-refractivity contribution < 1.29 is 9.59 Å². The van der Waals surface area contributed by atoms with E-state index >= 15 is 0 Å². The van der Waals surface area contributed by atoms with Gasteiger partial charge in [0.05, 0.1) is 11.4 Å². The highest BCUT2D eigenvalue weighted by atomic mass is 32.2. The summed E-state index contributed by atoms with van der Waals surface area (Å²) in [6.45, 7) is 1.77. The third kappa shape index (κ3) is 2.78. The number of carbonyl (C=O) groups excluding carboxylic acids is 2. The van der Waals surface area contributed by atoms with Crippen molar-refractivity contribution >= 4 is 40.1 Å². The number of para-hydroxylation sites is 1. The highest BCUT2D eigenvalue weighted by Crippen LogP contribution is 2.33. The van der Waals surface area contributed by atoms with Crippen LogP contribution in [0.5, 0.6) is 0 Å². The number of hydrogen-bond acceptors (Lipinski definition) is 5. The van der Waals surface area contributed by atoms with Gasteiger partial charge >= 0.3 is 0 Å². The van der Waals surface area contributed by atoms with E-state index in [1.165, 1.54) is 16.7 Å². The Hall–Kier alpha value is -2.73. The SMILES string of the molecule is C[C@@H]1N=C2c3ccccc3N=C(SCC(=O)c3ccccc3)N2C1=O. The van der Waals surface area contributed by atoms with Gasteiger partial charge in [0.2, 0.25) is 0 Å². The highest BCUT2D eigenvalue weighted by molar-refractivity contribution is 8.14. The molecule has 0 spiro atoms. The van der Waals surface area contributed by atoms with E-state index in [1.54, 1.807) is 19.1 Å². The Kier molecular flexibility index (Phi) is 3.97. The fourth-order valence-corrected chi connectivity index (χ4v) is 3.71. The first kappa shape index (κ1) is 15.8. The molecule has 0 saturated heterocycles. The summed E-state index contributed by atoms with van der Waals surface area (Å²) in [5, 5.41) is 0.510. The van der Waals surface area contributed by atoms with Gasteiger partial charge in [0.15, 0.2) is 11.0 Å². The van der Waals surface area contributed by atoms with Gasteiger partial charge in [-0.25, -0.2) is 9.89 Å². The standard InChI is InChI=1S/C19H15N3O2S/c1-12-18(24)22-17(20-12)14-9-5-6-10-15(14)21-19(22)25-11-16(23)13-7-3-2-4-8-13/h2-10,12H,11H2,1H3/t12-/m0/s1. The molecule has 0 N–H and O–H groups in total. The monoisotopic (exact) mass is 349 g/mol. The molecule has 0 saturated carbocycles. The minimum atomic E-state index is -0.434. The number of carbonyl (C=O) groups is 2. The van der Waals surface area contributed by atoms with Crippen LogP contribution >= 0.6 is 11.8 Å². The van der Waals surface area contributed by atoms with Crippen LogP contribution in [0.25, 0.3) is 0 Å². The van der Waals surface area contributed by atoms with Crippen molar-refractivity contribution in [1.29, 1.82) is 0 Å². The van der Waals surface area contributed by atoms with Crippen LogP contribution in [-0.2, 0) is 4.79 Å². The number of aliphatic imine (C=N–C) groups is 2. The smallest absolute Gasteiger partial charge is 0.258 e. The summed E-state index contributed by atoms with van der Waals surface area (Å²) in [6, 6.07) is 16.3. The Morgan fingerprint density at radius 2 is 1.84 bits per heavy atom. The molecule has 2 aliphatic rings. The van der Waals surface area contributed by atoms with Crippen LogP contribution in [0, 0.1) is 0 Å². The lowest BCUT2D eigenvalue weighted by Crippen LogP contribution is -2.40. The van der Waals surface area contributed by atoms with E-state index in [-0.39, 0.29) is 17.4 Å². The average Bonchev–Trinajstić information content (AvgIpc) is 2.95. The van der Waals surface area contributed by atoms with Crippen LogP contribution in [0.2, 0.25) is 0 Å². The summed E-state index contributed by atoms with van der Waals surface area (Å²) in [4.78, 5) is 35.5. The van der Waals surface area contributed by atoms with Crippen molar-refractivity contribution in [2.45, 2.75) is 13.0 Å². The fourth-order valence-electron chi connectivity index (χ4n) is 2.81. The van der Waals surface area contributed by atoms with Crippen molar-refractivity contribution in [2.75, 3.05) is 5.75 Å². The number of amidine groups is 2.